The predicted octanol–water partition coefficient (Wildman–Crippen LogP) is 2.49. The van der Waals surface area contributed by atoms with E-state index in [9.17, 15) is 19.1 Å². The monoisotopic (exact) mass is 381 g/mol. The number of benzene rings is 2. The van der Waals surface area contributed by atoms with Gasteiger partial charge in [0.2, 0.25) is 0 Å². The number of nitrogens with one attached hydrogen (secondary N) is 1. The Labute approximate surface area is 154 Å². The van der Waals surface area contributed by atoms with Gasteiger partial charge in [0.1, 0.15) is 17.7 Å². The maximum absolute atomic E-state index is 13.9. The normalized spacial score (nSPS) is 12.8. The number of methoxy groups -OCH3 is 2. The van der Waals surface area contributed by atoms with Gasteiger partial charge in [0, 0.05) is 0 Å². The Balaban J connectivity index is 2.29. The lowest BCUT2D eigenvalue weighted by atomic mass is 10.0. The molecule has 1 amide bonds. The van der Waals surface area contributed by atoms with Crippen molar-refractivity contribution in [3.8, 4) is 5.75 Å². The first-order valence-electron chi connectivity index (χ1n) is 7.53. The molecule has 0 saturated carbocycles. The maximum Gasteiger partial charge on any atom is 0.331 e. The lowest BCUT2D eigenvalue weighted by Crippen LogP contribution is -2.46. The van der Waals surface area contributed by atoms with Gasteiger partial charge in [-0.2, -0.15) is 0 Å². The van der Waals surface area contributed by atoms with E-state index in [-0.39, 0.29) is 5.02 Å². The van der Waals surface area contributed by atoms with Crippen molar-refractivity contribution < 1.29 is 28.6 Å². The largest absolute Gasteiger partial charge is 0.497 e. The number of amides is 1. The molecule has 8 heteroatoms. The minimum Gasteiger partial charge on any atom is -0.497 e. The Morgan fingerprint density at radius 3 is 2.35 bits per heavy atom. The fourth-order valence-electron chi connectivity index (χ4n) is 2.32. The van der Waals surface area contributed by atoms with Crippen molar-refractivity contribution in [2.24, 2.45) is 0 Å². The summed E-state index contributed by atoms with van der Waals surface area (Å²) in [5.41, 5.74) is -0.0915. The summed E-state index contributed by atoms with van der Waals surface area (Å²) in [5, 5.41) is 12.6. The van der Waals surface area contributed by atoms with Crippen molar-refractivity contribution in [3.05, 3.63) is 64.4 Å². The van der Waals surface area contributed by atoms with Gasteiger partial charge in [-0.1, -0.05) is 29.8 Å². The zero-order valence-electron chi connectivity index (χ0n) is 14.0. The zero-order valence-corrected chi connectivity index (χ0v) is 14.8. The molecule has 0 aliphatic rings. The van der Waals surface area contributed by atoms with E-state index in [0.717, 1.165) is 13.2 Å². The molecule has 2 N–H and O–H groups in total. The highest BCUT2D eigenvalue weighted by atomic mass is 35.5. The topological polar surface area (TPSA) is 84.9 Å². The van der Waals surface area contributed by atoms with E-state index in [1.54, 1.807) is 12.1 Å². The van der Waals surface area contributed by atoms with Crippen LogP contribution in [0.3, 0.4) is 0 Å². The molecule has 2 aromatic rings. The molecule has 0 radical (unpaired) electrons. The molecule has 0 aliphatic heterocycles. The number of halogens is 2. The van der Waals surface area contributed by atoms with Crippen LogP contribution in [0.1, 0.15) is 22.0 Å². The van der Waals surface area contributed by atoms with Crippen molar-refractivity contribution in [3.63, 3.8) is 0 Å². The summed E-state index contributed by atoms with van der Waals surface area (Å²) in [7, 11) is 2.60. The average molecular weight is 382 g/mol. The summed E-state index contributed by atoms with van der Waals surface area (Å²) in [6, 6.07) is 8.52. The van der Waals surface area contributed by atoms with Crippen LogP contribution in [0.15, 0.2) is 42.5 Å². The van der Waals surface area contributed by atoms with Gasteiger partial charge < -0.3 is 19.9 Å². The number of ether oxygens (including phenoxy) is 2. The van der Waals surface area contributed by atoms with Gasteiger partial charge in [-0.25, -0.2) is 9.18 Å². The van der Waals surface area contributed by atoms with E-state index in [0.29, 0.717) is 11.3 Å². The molecule has 0 fully saturated rings. The molecular weight excluding hydrogens is 365 g/mol. The predicted molar refractivity (Wildman–Crippen MR) is 92.6 cm³/mol. The van der Waals surface area contributed by atoms with Gasteiger partial charge in [-0.15, -0.1) is 0 Å². The van der Waals surface area contributed by atoms with Crippen LogP contribution in [0.4, 0.5) is 4.39 Å². The first kappa shape index (κ1) is 19.7. The van der Waals surface area contributed by atoms with Crippen LogP contribution in [0.5, 0.6) is 5.75 Å². The van der Waals surface area contributed by atoms with Crippen molar-refractivity contribution >= 4 is 23.5 Å². The second-order valence-corrected chi connectivity index (χ2v) is 5.70. The second-order valence-electron chi connectivity index (χ2n) is 5.29. The van der Waals surface area contributed by atoms with Gasteiger partial charge in [0.05, 0.1) is 24.8 Å². The Kier molecular flexibility index (Phi) is 6.54. The molecule has 0 aromatic heterocycles. The van der Waals surface area contributed by atoms with Gasteiger partial charge in [-0.3, -0.25) is 4.79 Å². The average Bonchev–Trinajstić information content (AvgIpc) is 2.65. The van der Waals surface area contributed by atoms with Crippen molar-refractivity contribution in [1.29, 1.82) is 0 Å². The number of esters is 1. The van der Waals surface area contributed by atoms with E-state index in [1.807, 2.05) is 0 Å². The summed E-state index contributed by atoms with van der Waals surface area (Å²) >= 11 is 5.86. The highest BCUT2D eigenvalue weighted by Crippen LogP contribution is 2.23. The minimum absolute atomic E-state index is 0.120. The molecule has 138 valence electrons. The van der Waals surface area contributed by atoms with Crippen LogP contribution in [0.25, 0.3) is 0 Å². The fourth-order valence-corrected chi connectivity index (χ4v) is 2.56. The standard InChI is InChI=1S/C18H17ClFNO5/c1-25-11-8-6-10(7-9-11)16(22)15(18(24)26-2)21-17(23)14-12(19)4-3-5-13(14)20/h3-9,15-16,22H,1-2H3,(H,21,23). The summed E-state index contributed by atoms with van der Waals surface area (Å²) in [4.78, 5) is 24.4. The molecular formula is C18H17ClFNO5. The first-order valence-corrected chi connectivity index (χ1v) is 7.91. The van der Waals surface area contributed by atoms with Gasteiger partial charge in [0.25, 0.3) is 5.91 Å². The number of hydrogen-bond donors (Lipinski definition) is 2. The van der Waals surface area contributed by atoms with E-state index in [4.69, 9.17) is 16.3 Å². The smallest absolute Gasteiger partial charge is 0.331 e. The molecule has 2 atom stereocenters. The summed E-state index contributed by atoms with van der Waals surface area (Å²) in [6.45, 7) is 0. The SMILES string of the molecule is COC(=O)C(NC(=O)c1c(F)cccc1Cl)C(O)c1ccc(OC)cc1. The highest BCUT2D eigenvalue weighted by Gasteiger charge is 2.32. The Morgan fingerprint density at radius 1 is 1.15 bits per heavy atom. The summed E-state index contributed by atoms with van der Waals surface area (Å²) < 4.78 is 23.6. The molecule has 0 bridgehead atoms. The van der Waals surface area contributed by atoms with Crippen molar-refractivity contribution in [1.82, 2.24) is 5.32 Å². The summed E-state index contributed by atoms with van der Waals surface area (Å²) in [5.74, 6) is -2.14. The quantitative estimate of drug-likeness (QED) is 0.751. The fraction of sp³-hybridized carbons (Fsp3) is 0.222. The zero-order chi connectivity index (χ0) is 19.3. The Bertz CT molecular complexity index is 776. The van der Waals surface area contributed by atoms with Crippen LogP contribution in [-0.4, -0.2) is 37.2 Å². The molecule has 6 nitrogen and oxygen atoms in total. The first-order chi connectivity index (χ1) is 12.4. The van der Waals surface area contributed by atoms with Crippen LogP contribution < -0.4 is 10.1 Å². The van der Waals surface area contributed by atoms with Crippen LogP contribution in [-0.2, 0) is 9.53 Å². The van der Waals surface area contributed by atoms with Gasteiger partial charge in [-0.05, 0) is 29.8 Å². The number of hydrogen-bond acceptors (Lipinski definition) is 5. The van der Waals surface area contributed by atoms with E-state index < -0.39 is 35.4 Å². The van der Waals surface area contributed by atoms with Gasteiger partial charge >= 0.3 is 5.97 Å². The Hall–Kier alpha value is -2.64. The molecule has 26 heavy (non-hydrogen) atoms. The molecule has 0 spiro atoms. The van der Waals surface area contributed by atoms with Crippen molar-refractivity contribution in [2.75, 3.05) is 14.2 Å². The Morgan fingerprint density at radius 2 is 1.81 bits per heavy atom. The van der Waals surface area contributed by atoms with E-state index >= 15 is 0 Å². The molecule has 0 aliphatic carbocycles. The molecule has 0 heterocycles. The third-order valence-corrected chi connectivity index (χ3v) is 4.02. The minimum atomic E-state index is -1.46. The van der Waals surface area contributed by atoms with Gasteiger partial charge in [0.15, 0.2) is 6.04 Å². The van der Waals surface area contributed by atoms with Crippen LogP contribution in [0.2, 0.25) is 5.02 Å². The maximum atomic E-state index is 13.9. The lowest BCUT2D eigenvalue weighted by Gasteiger charge is -2.22. The van der Waals surface area contributed by atoms with Crippen LogP contribution in [0, 0.1) is 5.82 Å². The number of carbonyl (C=O) groups is 2. The van der Waals surface area contributed by atoms with E-state index in [2.05, 4.69) is 10.1 Å². The number of carbonyl (C=O) groups excluding carboxylic acids is 2. The summed E-state index contributed by atoms with van der Waals surface area (Å²) in [6.07, 6.45) is -1.43. The molecule has 2 rings (SSSR count). The highest BCUT2D eigenvalue weighted by molar-refractivity contribution is 6.33. The second kappa shape index (κ2) is 8.64. The van der Waals surface area contributed by atoms with E-state index in [1.165, 1.54) is 31.4 Å². The third-order valence-electron chi connectivity index (χ3n) is 3.70. The van der Waals surface area contributed by atoms with Crippen LogP contribution >= 0.6 is 11.6 Å². The number of rotatable bonds is 6. The lowest BCUT2D eigenvalue weighted by molar-refractivity contribution is -0.146. The number of aliphatic hydroxyl groups is 1. The molecule has 2 aromatic carbocycles. The van der Waals surface area contributed by atoms with Crippen molar-refractivity contribution in [2.45, 2.75) is 12.1 Å². The molecule has 0 saturated heterocycles. The number of aliphatic hydroxyl groups excluding tert-OH is 1. The third kappa shape index (κ3) is 4.30. The molecule has 2 unspecified atom stereocenters.